The first-order valence-corrected chi connectivity index (χ1v) is 15.2. The highest BCUT2D eigenvalue weighted by atomic mass is 35.5. The number of aryl methyl sites for hydroxylation is 2. The molecule has 1 atom stereocenters. The van der Waals surface area contributed by atoms with E-state index in [0.29, 0.717) is 42.1 Å². The summed E-state index contributed by atoms with van der Waals surface area (Å²) in [5.74, 6) is 2.28. The maximum Gasteiger partial charge on any atom is 0.227 e. The quantitative estimate of drug-likeness (QED) is 0.309. The summed E-state index contributed by atoms with van der Waals surface area (Å²) in [5.41, 5.74) is 5.01. The number of sulfone groups is 1. The number of amides is 1. The van der Waals surface area contributed by atoms with Crippen molar-refractivity contribution in [2.24, 2.45) is 0 Å². The highest BCUT2D eigenvalue weighted by Crippen LogP contribution is 2.42. The Hall–Kier alpha value is -3.37. The summed E-state index contributed by atoms with van der Waals surface area (Å²) >= 11 is 6.38. The van der Waals surface area contributed by atoms with E-state index in [1.165, 1.54) is 0 Å². The van der Waals surface area contributed by atoms with Crippen LogP contribution in [0.1, 0.15) is 55.0 Å². The number of imidazole rings is 1. The molecule has 2 aromatic heterocycles. The molecule has 0 saturated carbocycles. The van der Waals surface area contributed by atoms with Gasteiger partial charge in [0.1, 0.15) is 27.2 Å². The molecule has 1 amide bonds. The van der Waals surface area contributed by atoms with Crippen LogP contribution in [0.5, 0.6) is 5.75 Å². The lowest BCUT2D eigenvalue weighted by Gasteiger charge is -2.30. The molecule has 2 aromatic carbocycles. The first-order chi connectivity index (χ1) is 18.6. The zero-order valence-corrected chi connectivity index (χ0v) is 23.6. The Bertz CT molecular complexity index is 1680. The summed E-state index contributed by atoms with van der Waals surface area (Å²) in [6.07, 6.45) is 1.95. The molecule has 0 aliphatic carbocycles. The molecule has 2 fully saturated rings. The van der Waals surface area contributed by atoms with Crippen molar-refractivity contribution >= 4 is 44.1 Å². The van der Waals surface area contributed by atoms with Gasteiger partial charge in [-0.2, -0.15) is 0 Å². The van der Waals surface area contributed by atoms with Gasteiger partial charge in [0.2, 0.25) is 5.91 Å². The molecule has 9 nitrogen and oxygen atoms in total. The molecule has 4 heterocycles. The van der Waals surface area contributed by atoms with Crippen molar-refractivity contribution in [3.05, 3.63) is 58.7 Å². The Morgan fingerprint density at radius 2 is 1.85 bits per heavy atom. The highest BCUT2D eigenvalue weighted by molar-refractivity contribution is 7.91. The predicted molar refractivity (Wildman–Crippen MR) is 149 cm³/mol. The molecule has 0 radical (unpaired) electrons. The van der Waals surface area contributed by atoms with E-state index in [0.717, 1.165) is 39.4 Å². The van der Waals surface area contributed by atoms with Gasteiger partial charge in [-0.05, 0) is 62.9 Å². The number of hydrogen-bond donors (Lipinski definition) is 0. The van der Waals surface area contributed by atoms with Crippen LogP contribution < -0.4 is 9.64 Å². The van der Waals surface area contributed by atoms with Gasteiger partial charge in [0.05, 0.1) is 41.4 Å². The van der Waals surface area contributed by atoms with Crippen LogP contribution in [0.25, 0.3) is 22.2 Å². The van der Waals surface area contributed by atoms with Crippen LogP contribution >= 0.6 is 11.6 Å². The molecule has 2 saturated heterocycles. The molecule has 39 heavy (non-hydrogen) atoms. The van der Waals surface area contributed by atoms with E-state index in [4.69, 9.17) is 25.8 Å². The summed E-state index contributed by atoms with van der Waals surface area (Å²) in [6.45, 7) is 3.79. The van der Waals surface area contributed by atoms with Crippen LogP contribution in [-0.4, -0.2) is 47.6 Å². The fourth-order valence-electron chi connectivity index (χ4n) is 5.98. The Morgan fingerprint density at radius 3 is 2.54 bits per heavy atom. The molecular formula is C28H29ClN4O5S. The van der Waals surface area contributed by atoms with Crippen molar-refractivity contribution in [1.82, 2.24) is 14.7 Å². The average molecular weight is 569 g/mol. The van der Waals surface area contributed by atoms with Gasteiger partial charge in [0.25, 0.3) is 0 Å². The summed E-state index contributed by atoms with van der Waals surface area (Å²) in [7, 11) is -1.50. The van der Waals surface area contributed by atoms with Crippen molar-refractivity contribution in [1.29, 1.82) is 0 Å². The third-order valence-electron chi connectivity index (χ3n) is 7.81. The lowest BCUT2D eigenvalue weighted by atomic mass is 10.0. The third-order valence-corrected chi connectivity index (χ3v) is 9.74. The Labute approximate surface area is 231 Å². The number of aromatic nitrogens is 3. The number of anilines is 1. The van der Waals surface area contributed by atoms with E-state index in [2.05, 4.69) is 9.72 Å². The highest BCUT2D eigenvalue weighted by Gasteiger charge is 2.39. The van der Waals surface area contributed by atoms with E-state index >= 15 is 0 Å². The number of carbonyl (C=O) groups excluding carboxylic acids is 1. The van der Waals surface area contributed by atoms with Crippen LogP contribution in [0.4, 0.5) is 5.69 Å². The van der Waals surface area contributed by atoms with Crippen LogP contribution in [0.15, 0.2) is 40.9 Å². The van der Waals surface area contributed by atoms with Crippen molar-refractivity contribution < 1.29 is 22.5 Å². The molecular weight excluding hydrogens is 540 g/mol. The Kier molecular flexibility index (Phi) is 6.42. The van der Waals surface area contributed by atoms with Gasteiger partial charge in [-0.3, -0.25) is 4.79 Å². The lowest BCUT2D eigenvalue weighted by molar-refractivity contribution is -0.117. The maximum absolute atomic E-state index is 13.3. The number of ether oxygens (including phenoxy) is 1. The van der Waals surface area contributed by atoms with E-state index in [1.807, 2.05) is 32.0 Å². The number of halogens is 1. The van der Waals surface area contributed by atoms with Crippen LogP contribution in [0.2, 0.25) is 5.02 Å². The van der Waals surface area contributed by atoms with Gasteiger partial charge in [-0.15, -0.1) is 0 Å². The van der Waals surface area contributed by atoms with Crippen molar-refractivity contribution in [3.63, 3.8) is 0 Å². The van der Waals surface area contributed by atoms with Gasteiger partial charge in [0.15, 0.2) is 0 Å². The number of nitrogens with zero attached hydrogens (tertiary/aromatic N) is 4. The van der Waals surface area contributed by atoms with Crippen molar-refractivity contribution in [3.8, 4) is 16.9 Å². The minimum atomic E-state index is -3.06. The van der Waals surface area contributed by atoms with Crippen LogP contribution in [0, 0.1) is 13.8 Å². The normalized spacial score (nSPS) is 19.7. The second-order valence-electron chi connectivity index (χ2n) is 10.3. The molecule has 2 aliphatic rings. The molecule has 0 spiro atoms. The van der Waals surface area contributed by atoms with Gasteiger partial charge in [0, 0.05) is 34.8 Å². The number of rotatable bonds is 5. The fraction of sp³-hybridized carbons (Fsp3) is 0.393. The molecule has 204 valence electrons. The zero-order valence-electron chi connectivity index (χ0n) is 22.0. The maximum atomic E-state index is 13.3. The third kappa shape index (κ3) is 4.59. The van der Waals surface area contributed by atoms with Crippen molar-refractivity contribution in [2.45, 2.75) is 51.6 Å². The Balaban J connectivity index is 1.51. The standard InChI is InChI=1S/C28H29ClN4O5S/c1-16-27(17(2)38-31-16)18-4-5-24-23(12-18)30-28(33(24)20-8-10-39(35,36)11-9-20)25-6-7-26(34)32(25)21-13-19(29)14-22(15-21)37-3/h4-5,12-15,20,25H,6-11H2,1-3H3/t25-/m0/s1. The second-order valence-corrected chi connectivity index (χ2v) is 13.0. The van der Waals surface area contributed by atoms with E-state index < -0.39 is 9.84 Å². The van der Waals surface area contributed by atoms with Crippen LogP contribution in [-0.2, 0) is 14.6 Å². The molecule has 2 aliphatic heterocycles. The summed E-state index contributed by atoms with van der Waals surface area (Å²) in [4.78, 5) is 20.1. The number of benzene rings is 2. The van der Waals surface area contributed by atoms with Gasteiger partial charge in [-0.1, -0.05) is 22.8 Å². The lowest BCUT2D eigenvalue weighted by Crippen LogP contribution is -2.32. The molecule has 11 heteroatoms. The topological polar surface area (TPSA) is 108 Å². The molecule has 0 N–H and O–H groups in total. The molecule has 0 bridgehead atoms. The first kappa shape index (κ1) is 25.9. The summed E-state index contributed by atoms with van der Waals surface area (Å²) < 4.78 is 37.5. The minimum Gasteiger partial charge on any atom is -0.497 e. The smallest absolute Gasteiger partial charge is 0.227 e. The first-order valence-electron chi connectivity index (χ1n) is 13.0. The van der Waals surface area contributed by atoms with Crippen LogP contribution in [0.3, 0.4) is 0 Å². The van der Waals surface area contributed by atoms with Crippen molar-refractivity contribution in [2.75, 3.05) is 23.5 Å². The monoisotopic (exact) mass is 568 g/mol. The predicted octanol–water partition coefficient (Wildman–Crippen LogP) is 5.59. The molecule has 6 rings (SSSR count). The number of fused-ring (bicyclic) bond motifs is 1. The fourth-order valence-corrected chi connectivity index (χ4v) is 7.67. The van der Waals surface area contributed by atoms with Gasteiger partial charge >= 0.3 is 0 Å². The zero-order chi connectivity index (χ0) is 27.5. The van der Waals surface area contributed by atoms with E-state index in [9.17, 15) is 13.2 Å². The van der Waals surface area contributed by atoms with E-state index in [1.54, 1.807) is 30.2 Å². The number of carbonyl (C=O) groups is 1. The summed E-state index contributed by atoms with van der Waals surface area (Å²) in [5, 5.41) is 4.57. The largest absolute Gasteiger partial charge is 0.497 e. The Morgan fingerprint density at radius 1 is 1.08 bits per heavy atom. The number of methoxy groups -OCH3 is 1. The minimum absolute atomic E-state index is 0.0226. The SMILES string of the molecule is COc1cc(Cl)cc(N2C(=O)CC[C@H]2c2nc3cc(-c4c(C)noc4C)ccc3n2C2CCS(=O)(=O)CC2)c1. The molecule has 4 aromatic rings. The van der Waals surface area contributed by atoms with E-state index in [-0.39, 0.29) is 29.5 Å². The van der Waals surface area contributed by atoms with Gasteiger partial charge in [-0.25, -0.2) is 13.4 Å². The van der Waals surface area contributed by atoms with Gasteiger partial charge < -0.3 is 18.7 Å². The number of hydrogen-bond acceptors (Lipinski definition) is 7. The molecule has 0 unspecified atom stereocenters. The summed E-state index contributed by atoms with van der Waals surface area (Å²) in [6, 6.07) is 10.9. The average Bonchev–Trinajstić information content (AvgIpc) is 3.57. The second kappa shape index (κ2) is 9.67.